The summed E-state index contributed by atoms with van der Waals surface area (Å²) in [5.41, 5.74) is 5.32. The summed E-state index contributed by atoms with van der Waals surface area (Å²) in [4.78, 5) is 22.1. The van der Waals surface area contributed by atoms with Crippen LogP contribution in [0.4, 0.5) is 0 Å². The number of carbonyl (C=O) groups is 1. The number of rotatable bonds is 34. The van der Waals surface area contributed by atoms with Crippen molar-refractivity contribution in [2.45, 2.75) is 136 Å². The molecule has 0 aliphatic heterocycles. The van der Waals surface area contributed by atoms with E-state index in [1.54, 1.807) is 0 Å². The molecule has 0 aromatic heterocycles. The van der Waals surface area contributed by atoms with Gasteiger partial charge in [0.15, 0.2) is 0 Å². The van der Waals surface area contributed by atoms with Gasteiger partial charge in [0.2, 0.25) is 0 Å². The Hall–Kier alpha value is -2.06. The Bertz CT molecular complexity index is 958. The molecule has 0 saturated carbocycles. The van der Waals surface area contributed by atoms with Gasteiger partial charge < -0.3 is 20.1 Å². The highest BCUT2D eigenvalue weighted by atomic mass is 31.2. The van der Waals surface area contributed by atoms with Crippen LogP contribution in [0.2, 0.25) is 0 Å². The summed E-state index contributed by atoms with van der Waals surface area (Å²) in [6.07, 6.45) is 43.9. The molecule has 9 heteroatoms. The maximum absolute atomic E-state index is 12.3. The summed E-state index contributed by atoms with van der Waals surface area (Å²) in [5, 5.41) is 0. The molecule has 0 heterocycles. The van der Waals surface area contributed by atoms with Crippen LogP contribution in [0.3, 0.4) is 0 Å². The van der Waals surface area contributed by atoms with E-state index in [1.807, 2.05) is 0 Å². The first-order valence-electron chi connectivity index (χ1n) is 18.4. The summed E-state index contributed by atoms with van der Waals surface area (Å²) in [6, 6.07) is 0. The minimum absolute atomic E-state index is 0.0932. The van der Waals surface area contributed by atoms with Crippen molar-refractivity contribution in [1.82, 2.24) is 0 Å². The van der Waals surface area contributed by atoms with Crippen molar-refractivity contribution in [3.05, 3.63) is 72.9 Å². The van der Waals surface area contributed by atoms with Gasteiger partial charge in [-0.3, -0.25) is 13.8 Å². The van der Waals surface area contributed by atoms with Gasteiger partial charge in [-0.15, -0.1) is 0 Å². The first kappa shape index (κ1) is 45.9. The largest absolute Gasteiger partial charge is 0.472 e. The van der Waals surface area contributed by atoms with Crippen LogP contribution in [-0.4, -0.2) is 49.9 Å². The number of phosphoric acid groups is 1. The Morgan fingerprint density at radius 3 is 1.75 bits per heavy atom. The molecule has 0 fully saturated rings. The second kappa shape index (κ2) is 36.2. The minimum atomic E-state index is -4.27. The van der Waals surface area contributed by atoms with Crippen LogP contribution in [0.5, 0.6) is 0 Å². The molecule has 2 atom stereocenters. The Morgan fingerprint density at radius 2 is 1.17 bits per heavy atom. The minimum Gasteiger partial charge on any atom is -0.457 e. The zero-order chi connectivity index (χ0) is 35.2. The number of phosphoric ester groups is 1. The number of hydrogen-bond acceptors (Lipinski definition) is 7. The lowest BCUT2D eigenvalue weighted by Crippen LogP contribution is -2.28. The zero-order valence-electron chi connectivity index (χ0n) is 30.2. The van der Waals surface area contributed by atoms with E-state index < -0.39 is 13.9 Å². The van der Waals surface area contributed by atoms with E-state index in [0.717, 1.165) is 96.3 Å². The highest BCUT2D eigenvalue weighted by Crippen LogP contribution is 2.43. The topological polar surface area (TPSA) is 117 Å². The molecule has 8 nitrogen and oxygen atoms in total. The van der Waals surface area contributed by atoms with E-state index in [4.69, 9.17) is 24.3 Å². The van der Waals surface area contributed by atoms with E-state index in [1.165, 1.54) is 12.8 Å². The van der Waals surface area contributed by atoms with E-state index >= 15 is 0 Å². The van der Waals surface area contributed by atoms with Gasteiger partial charge in [-0.2, -0.15) is 0 Å². The number of hydrogen-bond donors (Lipinski definition) is 2. The maximum atomic E-state index is 12.3. The number of nitrogens with two attached hydrogens (primary N) is 1. The lowest BCUT2D eigenvalue weighted by atomic mass is 10.1. The Labute approximate surface area is 293 Å². The van der Waals surface area contributed by atoms with Crippen LogP contribution in [0, 0.1) is 0 Å². The second-order valence-electron chi connectivity index (χ2n) is 11.7. The monoisotopic (exact) mass is 693 g/mol. The first-order chi connectivity index (χ1) is 23.4. The third-order valence-corrected chi connectivity index (χ3v) is 8.12. The van der Waals surface area contributed by atoms with Crippen LogP contribution >= 0.6 is 7.82 Å². The van der Waals surface area contributed by atoms with E-state index in [2.05, 4.69) is 86.8 Å². The van der Waals surface area contributed by atoms with E-state index in [9.17, 15) is 14.3 Å². The van der Waals surface area contributed by atoms with Gasteiger partial charge in [-0.1, -0.05) is 132 Å². The quantitative estimate of drug-likeness (QED) is 0.0296. The van der Waals surface area contributed by atoms with Gasteiger partial charge in [-0.25, -0.2) is 4.57 Å². The fourth-order valence-corrected chi connectivity index (χ4v) is 5.23. The van der Waals surface area contributed by atoms with Crippen molar-refractivity contribution in [3.8, 4) is 0 Å². The predicted molar refractivity (Wildman–Crippen MR) is 201 cm³/mol. The number of allylic oxidation sites excluding steroid dienone is 12. The molecule has 48 heavy (non-hydrogen) atoms. The molecule has 0 saturated heterocycles. The number of ether oxygens (including phenoxy) is 2. The fourth-order valence-electron chi connectivity index (χ4n) is 4.47. The molecule has 0 amide bonds. The maximum Gasteiger partial charge on any atom is 0.472 e. The van der Waals surface area contributed by atoms with Crippen molar-refractivity contribution >= 4 is 13.8 Å². The number of esters is 1. The Kier molecular flexibility index (Phi) is 34.7. The molecule has 0 aromatic carbocycles. The summed E-state index contributed by atoms with van der Waals surface area (Å²) in [6.45, 7) is 4.63. The van der Waals surface area contributed by atoms with Crippen molar-refractivity contribution in [2.75, 3.05) is 33.0 Å². The molecule has 0 aliphatic carbocycles. The van der Waals surface area contributed by atoms with Crippen molar-refractivity contribution in [2.24, 2.45) is 5.73 Å². The Balaban J connectivity index is 3.97. The highest BCUT2D eigenvalue weighted by molar-refractivity contribution is 7.47. The molecular formula is C39H68NO7P. The molecule has 0 spiro atoms. The number of carbonyl (C=O) groups excluding carboxylic acids is 1. The molecule has 3 N–H and O–H groups in total. The molecule has 0 rings (SSSR count). The van der Waals surface area contributed by atoms with Gasteiger partial charge >= 0.3 is 13.8 Å². The molecular weight excluding hydrogens is 625 g/mol. The van der Waals surface area contributed by atoms with E-state index in [-0.39, 0.29) is 32.3 Å². The fraction of sp³-hybridized carbons (Fsp3) is 0.667. The molecule has 0 radical (unpaired) electrons. The normalized spacial score (nSPS) is 14.5. The smallest absolute Gasteiger partial charge is 0.457 e. The lowest BCUT2D eigenvalue weighted by Gasteiger charge is -2.20. The molecule has 0 aromatic rings. The predicted octanol–water partition coefficient (Wildman–Crippen LogP) is 10.4. The van der Waals surface area contributed by atoms with Crippen molar-refractivity contribution in [1.29, 1.82) is 0 Å². The summed E-state index contributed by atoms with van der Waals surface area (Å²) < 4.78 is 33.0. The zero-order valence-corrected chi connectivity index (χ0v) is 31.1. The van der Waals surface area contributed by atoms with Crippen molar-refractivity contribution < 1.29 is 32.8 Å². The Morgan fingerprint density at radius 1 is 0.646 bits per heavy atom. The molecule has 0 bridgehead atoms. The summed E-state index contributed by atoms with van der Waals surface area (Å²) in [5.74, 6) is -0.355. The van der Waals surface area contributed by atoms with Gasteiger partial charge in [0.25, 0.3) is 0 Å². The second-order valence-corrected chi connectivity index (χ2v) is 13.2. The van der Waals surface area contributed by atoms with Gasteiger partial charge in [0.05, 0.1) is 19.8 Å². The third kappa shape index (κ3) is 35.3. The van der Waals surface area contributed by atoms with Crippen LogP contribution < -0.4 is 5.73 Å². The van der Waals surface area contributed by atoms with Crippen LogP contribution in [0.1, 0.15) is 129 Å². The van der Waals surface area contributed by atoms with Gasteiger partial charge in [0.1, 0.15) is 6.10 Å². The SMILES string of the molecule is CC/C=C\C/C=C\C/C=C\C/C=C\C/C=C\C/C=C\CCCCCCCOCC(COP(=O)(O)OCCN)OC(=O)CCCCCCC. The summed E-state index contributed by atoms with van der Waals surface area (Å²) in [7, 11) is -4.27. The van der Waals surface area contributed by atoms with Crippen molar-refractivity contribution in [3.63, 3.8) is 0 Å². The highest BCUT2D eigenvalue weighted by Gasteiger charge is 2.25. The van der Waals surface area contributed by atoms with Gasteiger partial charge in [0, 0.05) is 19.6 Å². The van der Waals surface area contributed by atoms with Crippen LogP contribution in [0.15, 0.2) is 72.9 Å². The molecule has 2 unspecified atom stereocenters. The average molecular weight is 694 g/mol. The standard InChI is InChI=1S/C39H68NO7P/c1-3-5-7-9-10-11-12-13-14-15-16-17-18-19-20-21-22-23-24-25-26-27-29-31-34-44-36-38(37-46-48(42,43)45-35-33-40)47-39(41)32-30-28-8-6-4-2/h5,7,10-11,13-14,16-17,19-20,22-23,38H,3-4,6,8-9,12,15,18,21,24-37,40H2,1-2H3,(H,42,43)/b7-5-,11-10-,14-13-,17-16-,20-19-,23-22-. The lowest BCUT2D eigenvalue weighted by molar-refractivity contribution is -0.154. The molecule has 0 aliphatic rings. The number of unbranched alkanes of at least 4 members (excludes halogenated alkanes) is 9. The first-order valence-corrected chi connectivity index (χ1v) is 19.9. The van der Waals surface area contributed by atoms with E-state index in [0.29, 0.717) is 13.0 Å². The van der Waals surface area contributed by atoms with Crippen LogP contribution in [0.25, 0.3) is 0 Å². The molecule has 276 valence electrons. The third-order valence-electron chi connectivity index (χ3n) is 7.14. The van der Waals surface area contributed by atoms with Crippen LogP contribution in [-0.2, 0) is 27.9 Å². The van der Waals surface area contributed by atoms with Gasteiger partial charge in [-0.05, 0) is 64.2 Å². The summed E-state index contributed by atoms with van der Waals surface area (Å²) >= 11 is 0. The average Bonchev–Trinajstić information content (AvgIpc) is 3.07.